The van der Waals surface area contributed by atoms with Gasteiger partial charge in [-0.15, -0.1) is 0 Å². The monoisotopic (exact) mass is 292 g/mol. The first-order chi connectivity index (χ1) is 10.7. The Morgan fingerprint density at radius 2 is 1.68 bits per heavy atom. The second-order valence-corrected chi connectivity index (χ2v) is 4.90. The summed E-state index contributed by atoms with van der Waals surface area (Å²) < 4.78 is 13.5. The predicted octanol–water partition coefficient (Wildman–Crippen LogP) is 4.58. The number of phenolic OH excluding ortho intramolecular Hbond substituents is 1. The molecular weight excluding hydrogens is 279 g/mol. The average molecular weight is 292 g/mol. The Balaban J connectivity index is 1.96. The summed E-state index contributed by atoms with van der Waals surface area (Å²) >= 11 is 0. The molecule has 2 nitrogen and oxygen atoms in total. The van der Waals surface area contributed by atoms with E-state index in [0.717, 1.165) is 5.39 Å². The van der Waals surface area contributed by atoms with E-state index in [1.54, 1.807) is 42.5 Å². The highest BCUT2D eigenvalue weighted by Crippen LogP contribution is 2.29. The lowest BCUT2D eigenvalue weighted by Gasteiger charge is -2.05. The van der Waals surface area contributed by atoms with Crippen LogP contribution in [0.25, 0.3) is 16.8 Å². The number of carbonyl (C=O) groups excluding carboxylic acids is 1. The fourth-order valence-corrected chi connectivity index (χ4v) is 2.32. The molecule has 0 atom stereocenters. The van der Waals surface area contributed by atoms with Crippen molar-refractivity contribution in [2.45, 2.75) is 0 Å². The summed E-state index contributed by atoms with van der Waals surface area (Å²) in [6, 6.07) is 16.8. The van der Waals surface area contributed by atoms with Crippen molar-refractivity contribution in [3.8, 4) is 5.75 Å². The summed E-state index contributed by atoms with van der Waals surface area (Å²) in [6.07, 6.45) is 2.68. The molecule has 1 N–H and O–H groups in total. The molecule has 0 bridgehead atoms. The van der Waals surface area contributed by atoms with E-state index in [1.807, 2.05) is 12.1 Å². The average Bonchev–Trinajstić information content (AvgIpc) is 2.54. The Morgan fingerprint density at radius 3 is 2.50 bits per heavy atom. The van der Waals surface area contributed by atoms with E-state index >= 15 is 0 Å². The lowest BCUT2D eigenvalue weighted by molar-refractivity contribution is 0.104. The van der Waals surface area contributed by atoms with E-state index in [9.17, 15) is 14.3 Å². The van der Waals surface area contributed by atoms with Crippen LogP contribution < -0.4 is 0 Å². The van der Waals surface area contributed by atoms with E-state index in [-0.39, 0.29) is 17.1 Å². The molecule has 0 aliphatic rings. The van der Waals surface area contributed by atoms with E-state index in [4.69, 9.17) is 0 Å². The van der Waals surface area contributed by atoms with E-state index in [2.05, 4.69) is 0 Å². The Morgan fingerprint density at radius 1 is 0.955 bits per heavy atom. The van der Waals surface area contributed by atoms with Crippen LogP contribution in [-0.4, -0.2) is 10.9 Å². The van der Waals surface area contributed by atoms with Crippen molar-refractivity contribution in [1.29, 1.82) is 0 Å². The molecule has 3 aromatic rings. The van der Waals surface area contributed by atoms with Gasteiger partial charge in [-0.2, -0.15) is 0 Å². The van der Waals surface area contributed by atoms with Crippen LogP contribution in [-0.2, 0) is 0 Å². The maximum absolute atomic E-state index is 13.5. The van der Waals surface area contributed by atoms with Gasteiger partial charge in [-0.25, -0.2) is 4.39 Å². The summed E-state index contributed by atoms with van der Waals surface area (Å²) in [5, 5.41) is 11.7. The number of allylic oxidation sites excluding steroid dienone is 1. The Bertz CT molecular complexity index is 881. The molecule has 0 unspecified atom stereocenters. The molecule has 0 saturated carbocycles. The summed E-state index contributed by atoms with van der Waals surface area (Å²) in [6.45, 7) is 0. The van der Waals surface area contributed by atoms with Crippen molar-refractivity contribution in [3.05, 3.63) is 83.7 Å². The van der Waals surface area contributed by atoms with Gasteiger partial charge in [-0.05, 0) is 29.7 Å². The largest absolute Gasteiger partial charge is 0.507 e. The van der Waals surface area contributed by atoms with E-state index in [1.165, 1.54) is 18.2 Å². The third-order valence-electron chi connectivity index (χ3n) is 3.49. The normalized spacial score (nSPS) is 11.1. The minimum absolute atomic E-state index is 0.0544. The van der Waals surface area contributed by atoms with Crippen molar-refractivity contribution in [2.24, 2.45) is 0 Å². The Labute approximate surface area is 127 Å². The fourth-order valence-electron chi connectivity index (χ4n) is 2.32. The number of halogens is 1. The molecule has 22 heavy (non-hydrogen) atoms. The summed E-state index contributed by atoms with van der Waals surface area (Å²) in [4.78, 5) is 12.2. The molecule has 0 saturated heterocycles. The van der Waals surface area contributed by atoms with Gasteiger partial charge in [0.15, 0.2) is 5.78 Å². The highest BCUT2D eigenvalue weighted by Gasteiger charge is 2.11. The highest BCUT2D eigenvalue weighted by molar-refractivity contribution is 6.11. The standard InChI is InChI=1S/C19H13FO2/c20-17-8-4-2-6-14(17)10-12-18(21)16-11-9-13-5-1-3-7-15(13)19(16)22/h1-12,22H/b12-10+. The first kappa shape index (κ1) is 14.0. The molecule has 0 heterocycles. The molecule has 3 heteroatoms. The minimum atomic E-state index is -0.394. The van der Waals surface area contributed by atoms with Gasteiger partial charge in [0.25, 0.3) is 0 Å². The van der Waals surface area contributed by atoms with Crippen molar-refractivity contribution in [2.75, 3.05) is 0 Å². The SMILES string of the molecule is O=C(/C=C/c1ccccc1F)c1ccc2ccccc2c1O. The number of aromatic hydroxyl groups is 1. The third kappa shape index (κ3) is 2.61. The molecule has 0 aromatic heterocycles. The van der Waals surface area contributed by atoms with Crippen molar-refractivity contribution < 1.29 is 14.3 Å². The molecule has 3 aromatic carbocycles. The number of hydrogen-bond acceptors (Lipinski definition) is 2. The van der Waals surface area contributed by atoms with Gasteiger partial charge in [0.05, 0.1) is 5.56 Å². The molecule has 0 aliphatic carbocycles. The molecule has 3 rings (SSSR count). The smallest absolute Gasteiger partial charge is 0.189 e. The number of hydrogen-bond donors (Lipinski definition) is 1. The van der Waals surface area contributed by atoms with Gasteiger partial charge in [-0.3, -0.25) is 4.79 Å². The highest BCUT2D eigenvalue weighted by atomic mass is 19.1. The number of fused-ring (bicyclic) bond motifs is 1. The second-order valence-electron chi connectivity index (χ2n) is 4.90. The Kier molecular flexibility index (Phi) is 3.71. The molecule has 0 fully saturated rings. The van der Waals surface area contributed by atoms with Crippen LogP contribution in [0.5, 0.6) is 5.75 Å². The minimum Gasteiger partial charge on any atom is -0.507 e. The molecule has 0 spiro atoms. The maximum atomic E-state index is 13.5. The van der Waals surface area contributed by atoms with Crippen LogP contribution in [0, 0.1) is 5.82 Å². The molecular formula is C19H13FO2. The maximum Gasteiger partial charge on any atom is 0.189 e. The van der Waals surface area contributed by atoms with Crippen LogP contribution in [0.3, 0.4) is 0 Å². The van der Waals surface area contributed by atoms with Crippen LogP contribution >= 0.6 is 0 Å². The number of benzene rings is 3. The third-order valence-corrected chi connectivity index (χ3v) is 3.49. The summed E-state index contributed by atoms with van der Waals surface area (Å²) in [5.41, 5.74) is 0.530. The van der Waals surface area contributed by atoms with Crippen LogP contribution in [0.4, 0.5) is 4.39 Å². The van der Waals surface area contributed by atoms with Crippen LogP contribution in [0.15, 0.2) is 66.7 Å². The van der Waals surface area contributed by atoms with E-state index < -0.39 is 5.82 Å². The van der Waals surface area contributed by atoms with Crippen LogP contribution in [0.1, 0.15) is 15.9 Å². The number of phenols is 1. The lowest BCUT2D eigenvalue weighted by Crippen LogP contribution is -1.95. The zero-order valence-corrected chi connectivity index (χ0v) is 11.7. The van der Waals surface area contributed by atoms with E-state index in [0.29, 0.717) is 10.9 Å². The number of ketones is 1. The van der Waals surface area contributed by atoms with Gasteiger partial charge in [0, 0.05) is 10.9 Å². The zero-order valence-electron chi connectivity index (χ0n) is 11.7. The summed E-state index contributed by atoms with van der Waals surface area (Å²) in [5.74, 6) is -0.818. The van der Waals surface area contributed by atoms with Gasteiger partial charge >= 0.3 is 0 Å². The van der Waals surface area contributed by atoms with Crippen molar-refractivity contribution >= 4 is 22.6 Å². The molecule has 108 valence electrons. The topological polar surface area (TPSA) is 37.3 Å². The van der Waals surface area contributed by atoms with Crippen molar-refractivity contribution in [3.63, 3.8) is 0 Å². The van der Waals surface area contributed by atoms with Gasteiger partial charge in [0.2, 0.25) is 0 Å². The molecule has 0 aliphatic heterocycles. The molecule has 0 amide bonds. The van der Waals surface area contributed by atoms with Crippen LogP contribution in [0.2, 0.25) is 0 Å². The van der Waals surface area contributed by atoms with Gasteiger partial charge in [-0.1, -0.05) is 48.5 Å². The first-order valence-electron chi connectivity index (χ1n) is 6.84. The van der Waals surface area contributed by atoms with Gasteiger partial charge in [0.1, 0.15) is 11.6 Å². The fraction of sp³-hybridized carbons (Fsp3) is 0. The molecule has 0 radical (unpaired) electrons. The van der Waals surface area contributed by atoms with Gasteiger partial charge < -0.3 is 5.11 Å². The second kappa shape index (κ2) is 5.82. The number of carbonyl (C=O) groups is 1. The Hall–Kier alpha value is -2.94. The number of rotatable bonds is 3. The zero-order chi connectivity index (χ0) is 15.5. The predicted molar refractivity (Wildman–Crippen MR) is 85.4 cm³/mol. The quantitative estimate of drug-likeness (QED) is 0.566. The van der Waals surface area contributed by atoms with Crippen molar-refractivity contribution in [1.82, 2.24) is 0 Å². The lowest BCUT2D eigenvalue weighted by atomic mass is 10.0. The summed E-state index contributed by atoms with van der Waals surface area (Å²) in [7, 11) is 0. The first-order valence-corrected chi connectivity index (χ1v) is 6.84.